The van der Waals surface area contributed by atoms with Gasteiger partial charge in [-0.1, -0.05) is 13.8 Å². The fourth-order valence-corrected chi connectivity index (χ4v) is 2.76. The van der Waals surface area contributed by atoms with E-state index in [9.17, 15) is 19.5 Å². The highest BCUT2D eigenvalue weighted by Gasteiger charge is 2.25. The highest BCUT2D eigenvalue weighted by atomic mass is 16.4. The Balaban J connectivity index is 2.40. The topological polar surface area (TPSA) is 117 Å². The molecule has 1 aromatic heterocycles. The number of aryl methyl sites for hydroxylation is 2. The summed E-state index contributed by atoms with van der Waals surface area (Å²) in [6.07, 6.45) is -0.325. The van der Waals surface area contributed by atoms with Gasteiger partial charge in [0.25, 0.3) is 0 Å². The van der Waals surface area contributed by atoms with Crippen LogP contribution in [0.25, 0.3) is 11.0 Å². The lowest BCUT2D eigenvalue weighted by molar-refractivity contribution is -0.143. The molecule has 0 radical (unpaired) electrons. The van der Waals surface area contributed by atoms with Crippen molar-refractivity contribution < 1.29 is 24.2 Å². The minimum absolute atomic E-state index is 0.0384. The zero-order valence-electron chi connectivity index (χ0n) is 14.5. The fourth-order valence-electron chi connectivity index (χ4n) is 2.76. The number of carboxylic acid groups (broad SMARTS) is 1. The first-order chi connectivity index (χ1) is 11.6. The van der Waals surface area contributed by atoms with Crippen LogP contribution < -0.4 is 10.9 Å². The summed E-state index contributed by atoms with van der Waals surface area (Å²) in [5.41, 5.74) is 0.836. The van der Waals surface area contributed by atoms with Crippen LogP contribution in [0.4, 0.5) is 0 Å². The molecule has 0 aliphatic carbocycles. The van der Waals surface area contributed by atoms with E-state index in [4.69, 9.17) is 9.52 Å². The lowest BCUT2D eigenvalue weighted by atomic mass is 10.0. The Kier molecular flexibility index (Phi) is 5.15. The van der Waals surface area contributed by atoms with Crippen LogP contribution in [0.2, 0.25) is 0 Å². The van der Waals surface area contributed by atoms with Gasteiger partial charge in [-0.05, 0) is 43.0 Å². The molecule has 1 amide bonds. The van der Waals surface area contributed by atoms with E-state index in [-0.39, 0.29) is 29.2 Å². The SMILES string of the molecule is Cc1cc(O)c2c(C)c(CC(=O)N[C@H](C(=O)O)C(C)C)c(=O)oc2c1. The van der Waals surface area contributed by atoms with Gasteiger partial charge >= 0.3 is 11.6 Å². The molecule has 0 saturated carbocycles. The molecule has 0 unspecified atom stereocenters. The van der Waals surface area contributed by atoms with Crippen LogP contribution in [0.5, 0.6) is 5.75 Å². The summed E-state index contributed by atoms with van der Waals surface area (Å²) >= 11 is 0. The summed E-state index contributed by atoms with van der Waals surface area (Å²) in [4.78, 5) is 35.6. The van der Waals surface area contributed by atoms with E-state index >= 15 is 0 Å². The first-order valence-electron chi connectivity index (χ1n) is 7.90. The lowest BCUT2D eigenvalue weighted by Gasteiger charge is -2.18. The number of aromatic hydroxyl groups is 1. The van der Waals surface area contributed by atoms with Crippen molar-refractivity contribution in [1.29, 1.82) is 0 Å². The number of phenols is 1. The van der Waals surface area contributed by atoms with Gasteiger partial charge in [0.05, 0.1) is 17.4 Å². The molecule has 0 fully saturated rings. The first-order valence-corrected chi connectivity index (χ1v) is 7.90. The highest BCUT2D eigenvalue weighted by Crippen LogP contribution is 2.29. The normalized spacial score (nSPS) is 12.4. The number of carbonyl (C=O) groups is 2. The second-order valence-corrected chi connectivity index (χ2v) is 6.45. The monoisotopic (exact) mass is 347 g/mol. The predicted molar refractivity (Wildman–Crippen MR) is 91.7 cm³/mol. The van der Waals surface area contributed by atoms with Crippen molar-refractivity contribution in [3.8, 4) is 5.75 Å². The van der Waals surface area contributed by atoms with Gasteiger partial charge in [0.1, 0.15) is 17.4 Å². The zero-order chi connectivity index (χ0) is 18.9. The lowest BCUT2D eigenvalue weighted by Crippen LogP contribution is -2.45. The molecule has 1 atom stereocenters. The molecule has 1 aromatic carbocycles. The number of fused-ring (bicyclic) bond motifs is 1. The number of hydrogen-bond acceptors (Lipinski definition) is 5. The minimum Gasteiger partial charge on any atom is -0.507 e. The average molecular weight is 347 g/mol. The first kappa shape index (κ1) is 18.5. The van der Waals surface area contributed by atoms with E-state index in [1.807, 2.05) is 0 Å². The maximum atomic E-state index is 12.2. The van der Waals surface area contributed by atoms with E-state index in [0.717, 1.165) is 5.56 Å². The van der Waals surface area contributed by atoms with Crippen molar-refractivity contribution in [3.63, 3.8) is 0 Å². The maximum absolute atomic E-state index is 12.2. The smallest absolute Gasteiger partial charge is 0.340 e. The van der Waals surface area contributed by atoms with E-state index in [0.29, 0.717) is 10.9 Å². The Morgan fingerprint density at radius 3 is 2.44 bits per heavy atom. The van der Waals surface area contributed by atoms with Gasteiger partial charge in [-0.2, -0.15) is 0 Å². The standard InChI is InChI=1S/C18H21NO6/c1-8(2)16(17(22)23)19-14(21)7-11-10(4)15-12(20)5-9(3)6-13(15)25-18(11)24/h5-6,8,16,20H,7H2,1-4H3,(H,19,21)(H,22,23)/t16-/m0/s1. The molecule has 25 heavy (non-hydrogen) atoms. The summed E-state index contributed by atoms with van der Waals surface area (Å²) in [5, 5.41) is 22.1. The maximum Gasteiger partial charge on any atom is 0.340 e. The van der Waals surface area contributed by atoms with Crippen LogP contribution >= 0.6 is 0 Å². The molecule has 0 bridgehead atoms. The van der Waals surface area contributed by atoms with Gasteiger partial charge in [-0.3, -0.25) is 4.79 Å². The Labute approximate surface area is 144 Å². The van der Waals surface area contributed by atoms with Crippen molar-refractivity contribution in [3.05, 3.63) is 39.2 Å². The molecule has 2 aromatic rings. The number of rotatable bonds is 5. The average Bonchev–Trinajstić information content (AvgIpc) is 2.47. The van der Waals surface area contributed by atoms with E-state index in [1.165, 1.54) is 0 Å². The Morgan fingerprint density at radius 1 is 1.24 bits per heavy atom. The molecule has 1 heterocycles. The summed E-state index contributed by atoms with van der Waals surface area (Å²) in [5.74, 6) is -2.08. The Hall–Kier alpha value is -2.83. The van der Waals surface area contributed by atoms with Gasteiger partial charge in [0.15, 0.2) is 0 Å². The quantitative estimate of drug-likeness (QED) is 0.711. The molecule has 134 valence electrons. The van der Waals surface area contributed by atoms with Gasteiger partial charge in [0.2, 0.25) is 5.91 Å². The second-order valence-electron chi connectivity index (χ2n) is 6.45. The number of phenolic OH excluding ortho intramolecular Hbond substituents is 1. The Morgan fingerprint density at radius 2 is 1.88 bits per heavy atom. The van der Waals surface area contributed by atoms with Crippen molar-refractivity contribution in [2.45, 2.75) is 40.2 Å². The predicted octanol–water partition coefficient (Wildman–Crippen LogP) is 1.88. The molecule has 7 nitrogen and oxygen atoms in total. The summed E-state index contributed by atoms with van der Waals surface area (Å²) < 4.78 is 5.22. The number of carbonyl (C=O) groups excluding carboxylic acids is 1. The zero-order valence-corrected chi connectivity index (χ0v) is 14.5. The third-order valence-corrected chi connectivity index (χ3v) is 4.09. The fraction of sp³-hybridized carbons (Fsp3) is 0.389. The number of amides is 1. The number of benzene rings is 1. The summed E-state index contributed by atoms with van der Waals surface area (Å²) in [6, 6.07) is 2.13. The van der Waals surface area contributed by atoms with Crippen LogP contribution in [0.3, 0.4) is 0 Å². The molecule has 2 rings (SSSR count). The number of nitrogens with one attached hydrogen (secondary N) is 1. The number of hydrogen-bond donors (Lipinski definition) is 3. The molecule has 3 N–H and O–H groups in total. The molecule has 0 saturated heterocycles. The summed E-state index contributed by atoms with van der Waals surface area (Å²) in [6.45, 7) is 6.73. The molecule has 0 aliphatic rings. The molecular weight excluding hydrogens is 326 g/mol. The van der Waals surface area contributed by atoms with Crippen molar-refractivity contribution in [2.24, 2.45) is 5.92 Å². The molecule has 7 heteroatoms. The largest absolute Gasteiger partial charge is 0.507 e. The van der Waals surface area contributed by atoms with Crippen LogP contribution in [0.1, 0.15) is 30.5 Å². The second kappa shape index (κ2) is 6.96. The van der Waals surface area contributed by atoms with E-state index in [2.05, 4.69) is 5.32 Å². The van der Waals surface area contributed by atoms with Crippen molar-refractivity contribution in [2.75, 3.05) is 0 Å². The van der Waals surface area contributed by atoms with Gasteiger partial charge in [-0.15, -0.1) is 0 Å². The molecular formula is C18H21NO6. The molecule has 0 spiro atoms. The molecule has 0 aliphatic heterocycles. The number of aliphatic carboxylic acids is 1. The van der Waals surface area contributed by atoms with Gasteiger partial charge in [0, 0.05) is 0 Å². The van der Waals surface area contributed by atoms with E-state index < -0.39 is 23.5 Å². The van der Waals surface area contributed by atoms with Crippen molar-refractivity contribution in [1.82, 2.24) is 5.32 Å². The van der Waals surface area contributed by atoms with Gasteiger partial charge < -0.3 is 19.9 Å². The Bertz CT molecular complexity index is 897. The van der Waals surface area contributed by atoms with Crippen LogP contribution in [-0.2, 0) is 16.0 Å². The van der Waals surface area contributed by atoms with Crippen LogP contribution in [-0.4, -0.2) is 28.1 Å². The van der Waals surface area contributed by atoms with E-state index in [1.54, 1.807) is 39.8 Å². The van der Waals surface area contributed by atoms with Gasteiger partial charge in [-0.25, -0.2) is 9.59 Å². The number of carboxylic acids is 1. The third kappa shape index (κ3) is 3.81. The minimum atomic E-state index is -1.14. The third-order valence-electron chi connectivity index (χ3n) is 4.09. The van der Waals surface area contributed by atoms with Crippen molar-refractivity contribution >= 4 is 22.8 Å². The highest BCUT2D eigenvalue weighted by molar-refractivity contribution is 5.90. The van der Waals surface area contributed by atoms with Crippen LogP contribution in [0.15, 0.2) is 21.3 Å². The van der Waals surface area contributed by atoms with Crippen LogP contribution in [0, 0.1) is 19.8 Å². The summed E-state index contributed by atoms with van der Waals surface area (Å²) in [7, 11) is 0.